The molecule has 0 aliphatic carbocycles. The highest BCUT2D eigenvalue weighted by atomic mass is 35.5. The van der Waals surface area contributed by atoms with Crippen molar-refractivity contribution in [2.75, 3.05) is 5.32 Å². The third-order valence-corrected chi connectivity index (χ3v) is 2.33. The number of amides is 1. The molecule has 0 saturated heterocycles. The van der Waals surface area contributed by atoms with Crippen LogP contribution in [0.1, 0.15) is 0 Å². The largest absolute Gasteiger partial charge is 0.508 e. The number of halogens is 1. The smallest absolute Gasteiger partial charge is 0.417 e. The van der Waals surface area contributed by atoms with Gasteiger partial charge in [0.25, 0.3) is 0 Å². The molecule has 0 aliphatic heterocycles. The number of hydrogen-bond acceptors (Lipinski definition) is 3. The molecular formula is C13H10ClNO3. The van der Waals surface area contributed by atoms with E-state index >= 15 is 0 Å². The van der Waals surface area contributed by atoms with Crippen LogP contribution in [-0.2, 0) is 0 Å². The van der Waals surface area contributed by atoms with Crippen LogP contribution in [0.3, 0.4) is 0 Å². The van der Waals surface area contributed by atoms with E-state index in [-0.39, 0.29) is 5.75 Å². The molecule has 5 heteroatoms. The Hall–Kier alpha value is -2.20. The number of anilines is 1. The maximum Gasteiger partial charge on any atom is 0.417 e. The maximum atomic E-state index is 11.5. The Morgan fingerprint density at radius 1 is 1.17 bits per heavy atom. The van der Waals surface area contributed by atoms with Gasteiger partial charge in [0, 0.05) is 16.8 Å². The Morgan fingerprint density at radius 2 is 1.94 bits per heavy atom. The molecule has 4 nitrogen and oxygen atoms in total. The summed E-state index contributed by atoms with van der Waals surface area (Å²) in [5.74, 6) is 0.413. The number of hydrogen-bond donors (Lipinski definition) is 2. The van der Waals surface area contributed by atoms with E-state index in [9.17, 15) is 9.90 Å². The van der Waals surface area contributed by atoms with Crippen molar-refractivity contribution in [1.82, 2.24) is 0 Å². The highest BCUT2D eigenvalue weighted by molar-refractivity contribution is 6.30. The third-order valence-electron chi connectivity index (χ3n) is 2.10. The first-order valence-electron chi connectivity index (χ1n) is 5.17. The van der Waals surface area contributed by atoms with Crippen molar-refractivity contribution >= 4 is 23.4 Å². The number of benzene rings is 2. The standard InChI is InChI=1S/C13H10ClNO3/c14-9-3-1-6-12(7-9)18-13(17)15-10-4-2-5-11(16)8-10/h1-8,16H,(H,15,17). The van der Waals surface area contributed by atoms with Gasteiger partial charge in [-0.2, -0.15) is 0 Å². The van der Waals surface area contributed by atoms with E-state index in [0.29, 0.717) is 16.5 Å². The molecule has 0 fully saturated rings. The topological polar surface area (TPSA) is 58.6 Å². The second-order valence-corrected chi connectivity index (χ2v) is 3.96. The molecule has 0 radical (unpaired) electrons. The van der Waals surface area contributed by atoms with Crippen LogP contribution in [-0.4, -0.2) is 11.2 Å². The van der Waals surface area contributed by atoms with Crippen LogP contribution in [0.5, 0.6) is 11.5 Å². The van der Waals surface area contributed by atoms with Gasteiger partial charge in [0.2, 0.25) is 0 Å². The SMILES string of the molecule is O=C(Nc1cccc(O)c1)Oc1cccc(Cl)c1. The zero-order valence-electron chi connectivity index (χ0n) is 9.26. The average molecular weight is 264 g/mol. The molecule has 0 aliphatic rings. The fourth-order valence-corrected chi connectivity index (χ4v) is 1.54. The Balaban J connectivity index is 2.01. The van der Waals surface area contributed by atoms with E-state index < -0.39 is 6.09 Å². The predicted octanol–water partition coefficient (Wildman–Crippen LogP) is 3.66. The van der Waals surface area contributed by atoms with Crippen LogP contribution in [0, 0.1) is 0 Å². The van der Waals surface area contributed by atoms with E-state index in [4.69, 9.17) is 16.3 Å². The summed E-state index contributed by atoms with van der Waals surface area (Å²) in [6.07, 6.45) is -0.650. The van der Waals surface area contributed by atoms with Gasteiger partial charge in [-0.15, -0.1) is 0 Å². The lowest BCUT2D eigenvalue weighted by atomic mass is 10.3. The fraction of sp³-hybridized carbons (Fsp3) is 0. The second-order valence-electron chi connectivity index (χ2n) is 3.52. The molecule has 1 amide bonds. The number of ether oxygens (including phenoxy) is 1. The molecule has 0 aromatic heterocycles. The minimum Gasteiger partial charge on any atom is -0.508 e. The molecule has 0 bridgehead atoms. The van der Waals surface area contributed by atoms with Gasteiger partial charge in [0.05, 0.1) is 0 Å². The lowest BCUT2D eigenvalue weighted by Gasteiger charge is -2.06. The van der Waals surface area contributed by atoms with Crippen LogP contribution in [0.15, 0.2) is 48.5 Å². The van der Waals surface area contributed by atoms with Crippen molar-refractivity contribution in [3.63, 3.8) is 0 Å². The molecule has 0 spiro atoms. The zero-order valence-corrected chi connectivity index (χ0v) is 10.0. The van der Waals surface area contributed by atoms with Gasteiger partial charge < -0.3 is 9.84 Å². The molecule has 2 rings (SSSR count). The van der Waals surface area contributed by atoms with Crippen LogP contribution in [0.4, 0.5) is 10.5 Å². The van der Waals surface area contributed by atoms with Gasteiger partial charge in [-0.1, -0.05) is 23.7 Å². The summed E-state index contributed by atoms with van der Waals surface area (Å²) in [7, 11) is 0. The van der Waals surface area contributed by atoms with E-state index in [1.165, 1.54) is 18.2 Å². The van der Waals surface area contributed by atoms with Crippen LogP contribution in [0.25, 0.3) is 0 Å². The zero-order chi connectivity index (χ0) is 13.0. The maximum absolute atomic E-state index is 11.5. The van der Waals surface area contributed by atoms with E-state index in [1.54, 1.807) is 30.3 Å². The van der Waals surface area contributed by atoms with E-state index in [2.05, 4.69) is 5.32 Å². The highest BCUT2D eigenvalue weighted by Crippen LogP contribution is 2.19. The van der Waals surface area contributed by atoms with Gasteiger partial charge in [-0.25, -0.2) is 4.79 Å². The van der Waals surface area contributed by atoms with Crippen molar-refractivity contribution in [1.29, 1.82) is 0 Å². The fourth-order valence-electron chi connectivity index (χ4n) is 1.36. The van der Waals surface area contributed by atoms with Crippen LogP contribution < -0.4 is 10.1 Å². The van der Waals surface area contributed by atoms with E-state index in [1.807, 2.05) is 0 Å². The first-order chi connectivity index (χ1) is 8.63. The molecule has 0 atom stereocenters. The molecule has 2 aromatic rings. The number of phenolic OH excluding ortho intramolecular Hbond substituents is 1. The van der Waals surface area contributed by atoms with Gasteiger partial charge >= 0.3 is 6.09 Å². The summed E-state index contributed by atoms with van der Waals surface area (Å²) in [5.41, 5.74) is 0.446. The molecule has 2 N–H and O–H groups in total. The van der Waals surface area contributed by atoms with E-state index in [0.717, 1.165) is 0 Å². The molecule has 92 valence electrons. The quantitative estimate of drug-likeness (QED) is 0.869. The number of phenols is 1. The summed E-state index contributed by atoms with van der Waals surface area (Å²) in [6.45, 7) is 0. The lowest BCUT2D eigenvalue weighted by Crippen LogP contribution is -2.16. The number of aromatic hydroxyl groups is 1. The number of carbonyl (C=O) groups excluding carboxylic acids is 1. The summed E-state index contributed by atoms with van der Waals surface area (Å²) < 4.78 is 5.02. The van der Waals surface area contributed by atoms with Crippen molar-refractivity contribution in [2.24, 2.45) is 0 Å². The minimum absolute atomic E-state index is 0.0653. The summed E-state index contributed by atoms with van der Waals surface area (Å²) in [6, 6.07) is 12.7. The molecular weight excluding hydrogens is 254 g/mol. The lowest BCUT2D eigenvalue weighted by molar-refractivity contribution is 0.215. The third kappa shape index (κ3) is 3.40. The van der Waals surface area contributed by atoms with Crippen molar-refractivity contribution in [2.45, 2.75) is 0 Å². The predicted molar refractivity (Wildman–Crippen MR) is 69.2 cm³/mol. The Kier molecular flexibility index (Phi) is 3.69. The molecule has 18 heavy (non-hydrogen) atoms. The Labute approximate surface area is 109 Å². The minimum atomic E-state index is -0.650. The van der Waals surface area contributed by atoms with Crippen molar-refractivity contribution in [3.05, 3.63) is 53.6 Å². The summed E-state index contributed by atoms with van der Waals surface area (Å²) >= 11 is 5.76. The number of rotatable bonds is 2. The molecule has 0 saturated carbocycles. The molecule has 0 heterocycles. The first-order valence-corrected chi connectivity index (χ1v) is 5.55. The normalized spacial score (nSPS) is 9.83. The average Bonchev–Trinajstić information content (AvgIpc) is 2.28. The Morgan fingerprint density at radius 3 is 2.67 bits per heavy atom. The number of nitrogens with one attached hydrogen (secondary N) is 1. The van der Waals surface area contributed by atoms with Gasteiger partial charge in [-0.05, 0) is 30.3 Å². The Bertz CT molecular complexity index is 522. The monoisotopic (exact) mass is 263 g/mol. The first kappa shape index (κ1) is 12.3. The van der Waals surface area contributed by atoms with Crippen molar-refractivity contribution in [3.8, 4) is 11.5 Å². The van der Waals surface area contributed by atoms with Gasteiger partial charge in [-0.3, -0.25) is 5.32 Å². The molecule has 2 aromatic carbocycles. The molecule has 0 unspecified atom stereocenters. The number of carbonyl (C=O) groups is 1. The highest BCUT2D eigenvalue weighted by Gasteiger charge is 2.05. The van der Waals surface area contributed by atoms with Crippen LogP contribution >= 0.6 is 11.6 Å². The van der Waals surface area contributed by atoms with Gasteiger partial charge in [0.1, 0.15) is 11.5 Å². The van der Waals surface area contributed by atoms with Gasteiger partial charge in [0.15, 0.2) is 0 Å². The summed E-state index contributed by atoms with van der Waals surface area (Å²) in [5, 5.41) is 12.2. The van der Waals surface area contributed by atoms with Crippen LogP contribution in [0.2, 0.25) is 5.02 Å². The second kappa shape index (κ2) is 5.42. The van der Waals surface area contributed by atoms with Crippen molar-refractivity contribution < 1.29 is 14.6 Å². The summed E-state index contributed by atoms with van der Waals surface area (Å²) in [4.78, 5) is 11.5.